The molecule has 0 fully saturated rings. The molecular formula is C59H61N4OPt-. The van der Waals surface area contributed by atoms with E-state index in [1.807, 2.05) is 36.0 Å². The Morgan fingerprint density at radius 1 is 0.523 bits per heavy atom. The molecule has 0 amide bonds. The molecule has 0 bridgehead atoms. The number of aromatic nitrogens is 4. The van der Waals surface area contributed by atoms with Gasteiger partial charge in [-0.3, -0.25) is 4.98 Å². The summed E-state index contributed by atoms with van der Waals surface area (Å²) >= 11 is 0. The molecule has 3 heterocycles. The first kappa shape index (κ1) is 45.8. The smallest absolute Gasteiger partial charge is 0.143 e. The molecule has 0 radical (unpaired) electrons. The van der Waals surface area contributed by atoms with Crippen molar-refractivity contribution < 1.29 is 26.2 Å². The number of phenolic OH excluding ortho intramolecular Hbond substituents is 1. The SMILES string of the molecule is Cn1c(-c2ccccc2O)nc2c(-c3[c-]c(-c4cc(-c5cc(C(C)(C)C)cc6c7cc(C(C)(C)C)ccc7n(-c7cc(C(C)(C)C)cc(C(C)(C)C)c7)c56)ccn4)ccc3)cccc21.[Pt]. The van der Waals surface area contributed by atoms with Gasteiger partial charge in [-0.05, 0) is 110 Å². The molecule has 0 unspecified atom stereocenters. The van der Waals surface area contributed by atoms with Crippen molar-refractivity contribution in [3.63, 3.8) is 0 Å². The van der Waals surface area contributed by atoms with Crippen LogP contribution in [-0.2, 0) is 49.8 Å². The molecule has 5 nitrogen and oxygen atoms in total. The summed E-state index contributed by atoms with van der Waals surface area (Å²) in [4.78, 5) is 10.1. The summed E-state index contributed by atoms with van der Waals surface area (Å²) in [5.74, 6) is 0.914. The first-order valence-electron chi connectivity index (χ1n) is 22.6. The molecule has 3 aromatic heterocycles. The second-order valence-corrected chi connectivity index (χ2v) is 21.8. The summed E-state index contributed by atoms with van der Waals surface area (Å²) in [6.07, 6.45) is 1.95. The first-order valence-corrected chi connectivity index (χ1v) is 22.6. The summed E-state index contributed by atoms with van der Waals surface area (Å²) in [6, 6.07) is 47.3. The van der Waals surface area contributed by atoms with Gasteiger partial charge in [-0.1, -0.05) is 137 Å². The van der Waals surface area contributed by atoms with E-state index in [1.54, 1.807) is 6.07 Å². The number of imidazole rings is 1. The number of para-hydroxylation sites is 2. The fraction of sp³-hybridized carbons (Fsp3) is 0.288. The van der Waals surface area contributed by atoms with Crippen LogP contribution >= 0.6 is 0 Å². The Morgan fingerprint density at radius 2 is 1.12 bits per heavy atom. The number of aromatic hydroxyl groups is 1. The number of phenols is 1. The Labute approximate surface area is 399 Å². The van der Waals surface area contributed by atoms with Crippen molar-refractivity contribution in [1.29, 1.82) is 0 Å². The Hall–Kier alpha value is -5.77. The number of nitrogens with zero attached hydrogens (tertiary/aromatic N) is 4. The van der Waals surface area contributed by atoms with Crippen molar-refractivity contribution in [3.8, 4) is 56.3 Å². The number of benzene rings is 6. The first-order chi connectivity index (χ1) is 30.1. The van der Waals surface area contributed by atoms with Gasteiger partial charge in [-0.15, -0.1) is 29.8 Å². The third-order valence-corrected chi connectivity index (χ3v) is 13.0. The fourth-order valence-electron chi connectivity index (χ4n) is 9.00. The van der Waals surface area contributed by atoms with Gasteiger partial charge in [0, 0.05) is 62.0 Å². The molecule has 6 aromatic carbocycles. The largest absolute Gasteiger partial charge is 0.507 e. The molecule has 9 aromatic rings. The predicted octanol–water partition coefficient (Wildman–Crippen LogP) is 15.4. The van der Waals surface area contributed by atoms with E-state index in [2.05, 4.69) is 191 Å². The van der Waals surface area contributed by atoms with Crippen molar-refractivity contribution in [1.82, 2.24) is 19.1 Å². The van der Waals surface area contributed by atoms with Gasteiger partial charge in [0.05, 0.1) is 27.6 Å². The number of hydrogen-bond donors (Lipinski definition) is 1. The van der Waals surface area contributed by atoms with Gasteiger partial charge in [0.2, 0.25) is 0 Å². The average Bonchev–Trinajstić information content (AvgIpc) is 3.76. The zero-order chi connectivity index (χ0) is 45.7. The van der Waals surface area contributed by atoms with Gasteiger partial charge in [-0.25, -0.2) is 4.98 Å². The maximum Gasteiger partial charge on any atom is 0.143 e. The van der Waals surface area contributed by atoms with Crippen molar-refractivity contribution in [2.75, 3.05) is 0 Å². The number of hydrogen-bond acceptors (Lipinski definition) is 3. The molecule has 0 saturated heterocycles. The molecule has 6 heteroatoms. The van der Waals surface area contributed by atoms with Crippen LogP contribution in [0.15, 0.2) is 128 Å². The van der Waals surface area contributed by atoms with Gasteiger partial charge in [0.1, 0.15) is 11.6 Å². The van der Waals surface area contributed by atoms with E-state index in [4.69, 9.17) is 9.97 Å². The van der Waals surface area contributed by atoms with Crippen LogP contribution in [0.5, 0.6) is 5.75 Å². The van der Waals surface area contributed by atoms with Crippen LogP contribution in [0.3, 0.4) is 0 Å². The molecule has 65 heavy (non-hydrogen) atoms. The molecule has 0 aliphatic rings. The summed E-state index contributed by atoms with van der Waals surface area (Å²) in [5, 5.41) is 13.3. The van der Waals surface area contributed by atoms with Gasteiger partial charge < -0.3 is 14.2 Å². The monoisotopic (exact) mass is 1040 g/mol. The van der Waals surface area contributed by atoms with E-state index in [-0.39, 0.29) is 48.5 Å². The summed E-state index contributed by atoms with van der Waals surface area (Å²) in [7, 11) is 2.00. The standard InChI is InChI=1S/C59H61N4O.Pt/c1-56(2,3)39-24-25-50-47(33-39)48-35-42(59(10,11)12)34-46(54(48)63(50)43-31-40(57(4,5)6)30-41(32-43)58(7,8)9)37-26-27-60-49(29-37)38-19-16-18-36(28-38)44-21-17-22-51-53(44)61-55(62(51)13)45-20-14-15-23-52(45)64;/h14-27,29-35,64H,1-13H3;/q-1;. The second-order valence-electron chi connectivity index (χ2n) is 21.8. The van der Waals surface area contributed by atoms with Crippen LogP contribution in [0.1, 0.15) is 105 Å². The maximum atomic E-state index is 10.7. The Kier molecular flexibility index (Phi) is 11.5. The minimum Gasteiger partial charge on any atom is -0.507 e. The van der Waals surface area contributed by atoms with E-state index in [0.29, 0.717) is 11.4 Å². The molecule has 0 saturated carbocycles. The van der Waals surface area contributed by atoms with E-state index < -0.39 is 0 Å². The summed E-state index contributed by atoms with van der Waals surface area (Å²) in [6.45, 7) is 27.7. The Morgan fingerprint density at radius 3 is 1.78 bits per heavy atom. The number of rotatable bonds is 5. The van der Waals surface area contributed by atoms with Crippen LogP contribution in [0.2, 0.25) is 0 Å². The van der Waals surface area contributed by atoms with Crippen molar-refractivity contribution in [2.45, 2.75) is 105 Å². The van der Waals surface area contributed by atoms with Gasteiger partial charge in [0.25, 0.3) is 0 Å². The van der Waals surface area contributed by atoms with Crippen molar-refractivity contribution in [3.05, 3.63) is 156 Å². The maximum absolute atomic E-state index is 10.7. The van der Waals surface area contributed by atoms with Crippen LogP contribution in [0.4, 0.5) is 0 Å². The summed E-state index contributed by atoms with van der Waals surface area (Å²) < 4.78 is 4.58. The van der Waals surface area contributed by atoms with Crippen LogP contribution < -0.4 is 0 Å². The molecule has 334 valence electrons. The quantitative estimate of drug-likeness (QED) is 0.175. The Balaban J connectivity index is 0.00000576. The third kappa shape index (κ3) is 8.38. The predicted molar refractivity (Wildman–Crippen MR) is 270 cm³/mol. The summed E-state index contributed by atoms with van der Waals surface area (Å²) in [5.41, 5.74) is 17.0. The number of fused-ring (bicyclic) bond motifs is 4. The van der Waals surface area contributed by atoms with Crippen molar-refractivity contribution >= 4 is 32.8 Å². The average molecular weight is 1040 g/mol. The van der Waals surface area contributed by atoms with Crippen molar-refractivity contribution in [2.24, 2.45) is 7.05 Å². The minimum atomic E-state index is -0.103. The second kappa shape index (κ2) is 16.3. The normalized spacial score (nSPS) is 12.6. The van der Waals surface area contributed by atoms with E-state index >= 15 is 0 Å². The fourth-order valence-corrected chi connectivity index (χ4v) is 9.00. The molecule has 0 aliphatic heterocycles. The van der Waals surface area contributed by atoms with Gasteiger partial charge in [-0.2, -0.15) is 0 Å². The topological polar surface area (TPSA) is 55.9 Å². The number of aryl methyl sites for hydroxylation is 1. The molecule has 0 aliphatic carbocycles. The molecule has 0 spiro atoms. The molecule has 0 atom stereocenters. The van der Waals surface area contributed by atoms with Crippen LogP contribution in [-0.4, -0.2) is 24.2 Å². The zero-order valence-corrected chi connectivity index (χ0v) is 42.4. The van der Waals surface area contributed by atoms with Gasteiger partial charge in [0.15, 0.2) is 0 Å². The van der Waals surface area contributed by atoms with E-state index in [0.717, 1.165) is 39.0 Å². The Bertz CT molecular complexity index is 3250. The van der Waals surface area contributed by atoms with Crippen LogP contribution in [0, 0.1) is 6.07 Å². The molecule has 1 N–H and O–H groups in total. The molecular weight excluding hydrogens is 976 g/mol. The van der Waals surface area contributed by atoms with E-state index in [1.165, 1.54) is 55.3 Å². The van der Waals surface area contributed by atoms with E-state index in [9.17, 15) is 5.11 Å². The number of pyridine rings is 1. The zero-order valence-electron chi connectivity index (χ0n) is 40.2. The molecule has 9 rings (SSSR count). The third-order valence-electron chi connectivity index (χ3n) is 13.0. The van der Waals surface area contributed by atoms with Crippen LogP contribution in [0.25, 0.3) is 83.4 Å². The van der Waals surface area contributed by atoms with Gasteiger partial charge >= 0.3 is 0 Å². The minimum absolute atomic E-state index is 0.